The molecule has 3 nitrogen and oxygen atoms in total. The van der Waals surface area contributed by atoms with Crippen LogP contribution in [0, 0.1) is 5.92 Å². The Balaban J connectivity index is 1.80. The van der Waals surface area contributed by atoms with Crippen molar-refractivity contribution in [3.05, 3.63) is 60.2 Å². The van der Waals surface area contributed by atoms with Gasteiger partial charge in [0.05, 0.1) is 18.2 Å². The molecule has 1 aliphatic carbocycles. The first-order valence-corrected chi connectivity index (χ1v) is 7.87. The molecule has 1 aliphatic rings. The number of amides is 1. The number of anilines is 1. The Labute approximate surface area is 131 Å². The van der Waals surface area contributed by atoms with Crippen molar-refractivity contribution in [2.75, 3.05) is 11.9 Å². The fourth-order valence-corrected chi connectivity index (χ4v) is 2.79. The number of hydrogen-bond acceptors (Lipinski definition) is 2. The average molecular weight is 295 g/mol. The van der Waals surface area contributed by atoms with Gasteiger partial charge in [-0.2, -0.15) is 0 Å². The van der Waals surface area contributed by atoms with Crippen molar-refractivity contribution < 1.29 is 9.53 Å². The van der Waals surface area contributed by atoms with Crippen LogP contribution >= 0.6 is 0 Å². The van der Waals surface area contributed by atoms with Crippen LogP contribution in [0.5, 0.6) is 5.75 Å². The molecular weight excluding hydrogens is 274 g/mol. The highest BCUT2D eigenvalue weighted by Crippen LogP contribution is 2.43. The summed E-state index contributed by atoms with van der Waals surface area (Å²) in [6.07, 6.45) is 2.25. The second-order valence-corrected chi connectivity index (χ2v) is 5.64. The molecule has 1 amide bonds. The quantitative estimate of drug-likeness (QED) is 0.866. The largest absolute Gasteiger partial charge is 0.492 e. The number of carbonyl (C=O) groups is 1. The van der Waals surface area contributed by atoms with E-state index in [0.717, 1.165) is 29.8 Å². The Morgan fingerprint density at radius 1 is 1.14 bits per heavy atom. The van der Waals surface area contributed by atoms with Gasteiger partial charge in [-0.1, -0.05) is 42.5 Å². The maximum Gasteiger partial charge on any atom is 0.232 e. The molecule has 0 spiro atoms. The van der Waals surface area contributed by atoms with E-state index in [-0.39, 0.29) is 11.8 Å². The first kappa shape index (κ1) is 14.6. The van der Waals surface area contributed by atoms with Gasteiger partial charge in [0.1, 0.15) is 5.75 Å². The Kier molecular flexibility index (Phi) is 4.42. The van der Waals surface area contributed by atoms with Crippen LogP contribution in [-0.4, -0.2) is 12.5 Å². The fourth-order valence-electron chi connectivity index (χ4n) is 2.79. The highest BCUT2D eigenvalue weighted by molar-refractivity contribution is 5.97. The summed E-state index contributed by atoms with van der Waals surface area (Å²) in [6, 6.07) is 17.6. The van der Waals surface area contributed by atoms with Gasteiger partial charge < -0.3 is 10.1 Å². The zero-order chi connectivity index (χ0) is 15.4. The third kappa shape index (κ3) is 3.30. The molecule has 0 saturated heterocycles. The second kappa shape index (κ2) is 6.65. The van der Waals surface area contributed by atoms with E-state index in [1.54, 1.807) is 0 Å². The predicted octanol–water partition coefficient (Wildman–Crippen LogP) is 4.22. The van der Waals surface area contributed by atoms with Gasteiger partial charge in [-0.05, 0) is 43.4 Å². The molecule has 0 heterocycles. The van der Waals surface area contributed by atoms with Crippen LogP contribution in [0.3, 0.4) is 0 Å². The summed E-state index contributed by atoms with van der Waals surface area (Å²) in [4.78, 5) is 12.8. The lowest BCUT2D eigenvalue weighted by Gasteiger charge is -2.18. The number of ether oxygens (including phenoxy) is 1. The van der Waals surface area contributed by atoms with E-state index in [2.05, 4.69) is 5.32 Å². The van der Waals surface area contributed by atoms with Crippen LogP contribution in [0.4, 0.5) is 5.69 Å². The summed E-state index contributed by atoms with van der Waals surface area (Å²) in [7, 11) is 0. The third-order valence-electron chi connectivity index (χ3n) is 3.98. The van der Waals surface area contributed by atoms with E-state index in [1.807, 2.05) is 61.5 Å². The predicted molar refractivity (Wildman–Crippen MR) is 88.1 cm³/mol. The van der Waals surface area contributed by atoms with E-state index in [0.29, 0.717) is 12.5 Å². The lowest BCUT2D eigenvalue weighted by Crippen LogP contribution is -2.23. The number of hydrogen-bond donors (Lipinski definition) is 1. The number of carbonyl (C=O) groups excluding carboxylic acids is 1. The minimum atomic E-state index is -0.0733. The first-order chi connectivity index (χ1) is 10.8. The monoisotopic (exact) mass is 295 g/mol. The van der Waals surface area contributed by atoms with Gasteiger partial charge in [-0.15, -0.1) is 0 Å². The van der Waals surface area contributed by atoms with E-state index >= 15 is 0 Å². The van der Waals surface area contributed by atoms with Crippen molar-refractivity contribution in [2.24, 2.45) is 5.92 Å². The molecule has 3 heteroatoms. The maximum atomic E-state index is 12.8. The maximum absolute atomic E-state index is 12.8. The number of rotatable bonds is 6. The van der Waals surface area contributed by atoms with Crippen LogP contribution in [0.2, 0.25) is 0 Å². The Morgan fingerprint density at radius 2 is 1.82 bits per heavy atom. The van der Waals surface area contributed by atoms with Crippen LogP contribution < -0.4 is 10.1 Å². The van der Waals surface area contributed by atoms with Gasteiger partial charge in [0.25, 0.3) is 0 Å². The summed E-state index contributed by atoms with van der Waals surface area (Å²) in [5.41, 5.74) is 1.84. The second-order valence-electron chi connectivity index (χ2n) is 5.64. The Morgan fingerprint density at radius 3 is 2.50 bits per heavy atom. The van der Waals surface area contributed by atoms with E-state index in [4.69, 9.17) is 4.74 Å². The molecule has 0 radical (unpaired) electrons. The molecule has 1 unspecified atom stereocenters. The molecule has 22 heavy (non-hydrogen) atoms. The summed E-state index contributed by atoms with van der Waals surface area (Å²) in [6.45, 7) is 2.52. The van der Waals surface area contributed by atoms with Crippen molar-refractivity contribution in [3.8, 4) is 5.75 Å². The van der Waals surface area contributed by atoms with Crippen molar-refractivity contribution in [2.45, 2.75) is 25.7 Å². The third-order valence-corrected chi connectivity index (χ3v) is 3.98. The molecule has 1 atom stereocenters. The molecule has 1 saturated carbocycles. The van der Waals surface area contributed by atoms with Gasteiger partial charge in [0, 0.05) is 0 Å². The highest BCUT2D eigenvalue weighted by atomic mass is 16.5. The minimum absolute atomic E-state index is 0.0563. The summed E-state index contributed by atoms with van der Waals surface area (Å²) < 4.78 is 5.58. The zero-order valence-corrected chi connectivity index (χ0v) is 12.8. The number of para-hydroxylation sites is 2. The molecule has 1 fully saturated rings. The minimum Gasteiger partial charge on any atom is -0.492 e. The SMILES string of the molecule is CCOc1ccccc1NC(=O)C(c1ccccc1)C1CC1. The lowest BCUT2D eigenvalue weighted by molar-refractivity contribution is -0.118. The van der Waals surface area contributed by atoms with Crippen molar-refractivity contribution >= 4 is 11.6 Å². The van der Waals surface area contributed by atoms with Gasteiger partial charge in [0.15, 0.2) is 0 Å². The molecular formula is C19H21NO2. The lowest BCUT2D eigenvalue weighted by atomic mass is 9.93. The molecule has 0 bridgehead atoms. The normalized spacial score (nSPS) is 15.1. The Hall–Kier alpha value is -2.29. The molecule has 1 N–H and O–H groups in total. The number of benzene rings is 2. The van der Waals surface area contributed by atoms with Crippen LogP contribution in [0.15, 0.2) is 54.6 Å². The molecule has 3 rings (SSSR count). The van der Waals surface area contributed by atoms with Crippen LogP contribution in [0.1, 0.15) is 31.2 Å². The van der Waals surface area contributed by atoms with Crippen molar-refractivity contribution in [3.63, 3.8) is 0 Å². The van der Waals surface area contributed by atoms with Crippen LogP contribution in [0.25, 0.3) is 0 Å². The van der Waals surface area contributed by atoms with Gasteiger partial charge in [-0.3, -0.25) is 4.79 Å². The number of nitrogens with one attached hydrogen (secondary N) is 1. The average Bonchev–Trinajstić information content (AvgIpc) is 3.36. The van der Waals surface area contributed by atoms with Gasteiger partial charge >= 0.3 is 0 Å². The van der Waals surface area contributed by atoms with E-state index < -0.39 is 0 Å². The van der Waals surface area contributed by atoms with Crippen molar-refractivity contribution in [1.82, 2.24) is 0 Å². The van der Waals surface area contributed by atoms with Crippen molar-refractivity contribution in [1.29, 1.82) is 0 Å². The molecule has 2 aromatic rings. The van der Waals surface area contributed by atoms with Gasteiger partial charge in [0.2, 0.25) is 5.91 Å². The highest BCUT2D eigenvalue weighted by Gasteiger charge is 2.37. The smallest absolute Gasteiger partial charge is 0.232 e. The molecule has 0 aromatic heterocycles. The summed E-state index contributed by atoms with van der Waals surface area (Å²) in [5, 5.41) is 3.05. The fraction of sp³-hybridized carbons (Fsp3) is 0.316. The van der Waals surface area contributed by atoms with E-state index in [9.17, 15) is 4.79 Å². The van der Waals surface area contributed by atoms with E-state index in [1.165, 1.54) is 0 Å². The summed E-state index contributed by atoms with van der Waals surface area (Å²) in [5.74, 6) is 1.17. The standard InChI is InChI=1S/C19H21NO2/c1-2-22-17-11-7-6-10-16(17)20-19(21)18(15-12-13-15)14-8-4-3-5-9-14/h3-11,15,18H,2,12-13H2,1H3,(H,20,21). The first-order valence-electron chi connectivity index (χ1n) is 7.87. The summed E-state index contributed by atoms with van der Waals surface area (Å²) >= 11 is 0. The molecule has 114 valence electrons. The zero-order valence-electron chi connectivity index (χ0n) is 12.8. The molecule has 0 aliphatic heterocycles. The van der Waals surface area contributed by atoms with Gasteiger partial charge in [-0.25, -0.2) is 0 Å². The Bertz CT molecular complexity index is 635. The topological polar surface area (TPSA) is 38.3 Å². The van der Waals surface area contributed by atoms with Crippen LogP contribution in [-0.2, 0) is 4.79 Å². The molecule has 2 aromatic carbocycles.